The van der Waals surface area contributed by atoms with Gasteiger partial charge in [-0.1, -0.05) is 13.8 Å². The number of carbonyl (C=O) groups excluding carboxylic acids is 1. The molecule has 0 N–H and O–H groups in total. The fourth-order valence-electron chi connectivity index (χ4n) is 2.14. The van der Waals surface area contributed by atoms with Gasteiger partial charge >= 0.3 is 0 Å². The molecule has 17 heavy (non-hydrogen) atoms. The lowest BCUT2D eigenvalue weighted by molar-refractivity contribution is -0.117. The van der Waals surface area contributed by atoms with Gasteiger partial charge in [0.2, 0.25) is 0 Å². The number of rotatable bonds is 7. The van der Waals surface area contributed by atoms with Crippen LogP contribution in [-0.2, 0) is 18.4 Å². The monoisotopic (exact) mass is 237 g/mol. The molecule has 1 aromatic rings. The lowest BCUT2D eigenvalue weighted by atomic mass is 9.83. The summed E-state index contributed by atoms with van der Waals surface area (Å²) in [7, 11) is 3.97. The SMILES string of the molecule is CCC(C=O)(CC)CN(C)Cc1cnn(C)c1. The predicted molar refractivity (Wildman–Crippen MR) is 68.6 cm³/mol. The number of hydrogen-bond donors (Lipinski definition) is 0. The van der Waals surface area contributed by atoms with Gasteiger partial charge in [0.25, 0.3) is 0 Å². The van der Waals surface area contributed by atoms with Crippen LogP contribution in [0.5, 0.6) is 0 Å². The van der Waals surface area contributed by atoms with Crippen LogP contribution in [0.25, 0.3) is 0 Å². The Morgan fingerprint density at radius 1 is 1.47 bits per heavy atom. The predicted octanol–water partition coefficient (Wildman–Crippen LogP) is 1.86. The van der Waals surface area contributed by atoms with Crippen LogP contribution in [0.15, 0.2) is 12.4 Å². The maximum Gasteiger partial charge on any atom is 0.127 e. The summed E-state index contributed by atoms with van der Waals surface area (Å²) in [6.45, 7) is 5.80. The normalized spacial score (nSPS) is 12.1. The highest BCUT2D eigenvalue weighted by Crippen LogP contribution is 2.24. The van der Waals surface area contributed by atoms with Crippen LogP contribution in [0.4, 0.5) is 0 Å². The first-order valence-corrected chi connectivity index (χ1v) is 6.17. The molecule has 0 unspecified atom stereocenters. The zero-order chi connectivity index (χ0) is 12.9. The van der Waals surface area contributed by atoms with E-state index in [0.29, 0.717) is 0 Å². The molecule has 1 aromatic heterocycles. The molecule has 0 saturated heterocycles. The Kier molecular flexibility index (Phi) is 4.87. The Morgan fingerprint density at radius 2 is 2.12 bits per heavy atom. The number of aryl methyl sites for hydroxylation is 1. The molecule has 0 aliphatic heterocycles. The zero-order valence-electron chi connectivity index (χ0n) is 11.3. The molecule has 0 amide bonds. The van der Waals surface area contributed by atoms with Crippen molar-refractivity contribution in [2.45, 2.75) is 33.2 Å². The molecule has 0 saturated carbocycles. The van der Waals surface area contributed by atoms with Gasteiger partial charge in [-0.15, -0.1) is 0 Å². The van der Waals surface area contributed by atoms with E-state index in [4.69, 9.17) is 0 Å². The zero-order valence-corrected chi connectivity index (χ0v) is 11.3. The second-order valence-electron chi connectivity index (χ2n) is 4.88. The van der Waals surface area contributed by atoms with Crippen molar-refractivity contribution in [2.24, 2.45) is 12.5 Å². The average molecular weight is 237 g/mol. The topological polar surface area (TPSA) is 38.1 Å². The van der Waals surface area contributed by atoms with Crippen molar-refractivity contribution in [3.63, 3.8) is 0 Å². The summed E-state index contributed by atoms with van der Waals surface area (Å²) in [6.07, 6.45) is 6.79. The number of aldehydes is 1. The number of aromatic nitrogens is 2. The Balaban J connectivity index is 2.59. The van der Waals surface area contributed by atoms with Gasteiger partial charge < -0.3 is 9.69 Å². The van der Waals surface area contributed by atoms with E-state index in [1.165, 1.54) is 5.56 Å². The summed E-state index contributed by atoms with van der Waals surface area (Å²) in [6, 6.07) is 0. The third kappa shape index (κ3) is 3.66. The third-order valence-electron chi connectivity index (χ3n) is 3.45. The molecule has 0 radical (unpaired) electrons. The Morgan fingerprint density at radius 3 is 2.53 bits per heavy atom. The minimum Gasteiger partial charge on any atom is -0.303 e. The molecule has 4 heteroatoms. The van der Waals surface area contributed by atoms with Gasteiger partial charge in [-0.05, 0) is 19.9 Å². The highest BCUT2D eigenvalue weighted by molar-refractivity contribution is 5.59. The minimum absolute atomic E-state index is 0.197. The van der Waals surface area contributed by atoms with Gasteiger partial charge in [0.1, 0.15) is 6.29 Å². The van der Waals surface area contributed by atoms with E-state index < -0.39 is 0 Å². The number of hydrogen-bond acceptors (Lipinski definition) is 3. The van der Waals surface area contributed by atoms with Crippen molar-refractivity contribution in [1.82, 2.24) is 14.7 Å². The van der Waals surface area contributed by atoms with Crippen molar-refractivity contribution in [2.75, 3.05) is 13.6 Å². The summed E-state index contributed by atoms with van der Waals surface area (Å²) in [4.78, 5) is 13.4. The molecule has 96 valence electrons. The second-order valence-corrected chi connectivity index (χ2v) is 4.88. The Hall–Kier alpha value is -1.16. The average Bonchev–Trinajstić information content (AvgIpc) is 2.72. The summed E-state index contributed by atoms with van der Waals surface area (Å²) < 4.78 is 1.80. The third-order valence-corrected chi connectivity index (χ3v) is 3.45. The van der Waals surface area contributed by atoms with E-state index in [-0.39, 0.29) is 5.41 Å². The molecular formula is C13H23N3O. The van der Waals surface area contributed by atoms with Crippen LogP contribution in [0.1, 0.15) is 32.3 Å². The summed E-state index contributed by atoms with van der Waals surface area (Å²) in [5.74, 6) is 0. The van der Waals surface area contributed by atoms with E-state index in [1.807, 2.05) is 19.4 Å². The smallest absolute Gasteiger partial charge is 0.127 e. The first-order chi connectivity index (χ1) is 8.05. The molecule has 4 nitrogen and oxygen atoms in total. The second kappa shape index (κ2) is 5.96. The summed E-state index contributed by atoms with van der Waals surface area (Å²) in [5, 5.41) is 4.15. The first kappa shape index (κ1) is 13.9. The van der Waals surface area contributed by atoms with Crippen LogP contribution in [-0.4, -0.2) is 34.6 Å². The highest BCUT2D eigenvalue weighted by Gasteiger charge is 2.27. The number of nitrogens with zero attached hydrogens (tertiary/aromatic N) is 3. The largest absolute Gasteiger partial charge is 0.303 e. The van der Waals surface area contributed by atoms with Gasteiger partial charge in [-0.3, -0.25) is 4.68 Å². The first-order valence-electron chi connectivity index (χ1n) is 6.17. The van der Waals surface area contributed by atoms with E-state index in [0.717, 1.165) is 32.2 Å². The maximum absolute atomic E-state index is 11.2. The van der Waals surface area contributed by atoms with Gasteiger partial charge in [-0.25, -0.2) is 0 Å². The fourth-order valence-corrected chi connectivity index (χ4v) is 2.14. The molecular weight excluding hydrogens is 214 g/mol. The minimum atomic E-state index is -0.197. The fraction of sp³-hybridized carbons (Fsp3) is 0.692. The quantitative estimate of drug-likeness (QED) is 0.679. The van der Waals surface area contributed by atoms with Crippen LogP contribution in [0, 0.1) is 5.41 Å². The molecule has 0 atom stereocenters. The van der Waals surface area contributed by atoms with Gasteiger partial charge in [0.05, 0.1) is 6.20 Å². The summed E-state index contributed by atoms with van der Waals surface area (Å²) in [5.41, 5.74) is 0.985. The van der Waals surface area contributed by atoms with E-state index >= 15 is 0 Å². The lowest BCUT2D eigenvalue weighted by Gasteiger charge is -2.30. The van der Waals surface area contributed by atoms with Crippen molar-refractivity contribution < 1.29 is 4.79 Å². The Labute approximate surface area is 104 Å². The van der Waals surface area contributed by atoms with E-state index in [1.54, 1.807) is 4.68 Å². The van der Waals surface area contributed by atoms with Crippen LogP contribution in [0.3, 0.4) is 0 Å². The van der Waals surface area contributed by atoms with Crippen LogP contribution < -0.4 is 0 Å². The molecule has 1 heterocycles. The number of carbonyl (C=O) groups is 1. The molecule has 0 fully saturated rings. The van der Waals surface area contributed by atoms with Gasteiger partial charge in [0.15, 0.2) is 0 Å². The molecule has 1 rings (SSSR count). The van der Waals surface area contributed by atoms with Crippen molar-refractivity contribution >= 4 is 6.29 Å². The molecule has 0 bridgehead atoms. The summed E-state index contributed by atoms with van der Waals surface area (Å²) >= 11 is 0. The molecule has 0 spiro atoms. The Bertz CT molecular complexity index is 355. The van der Waals surface area contributed by atoms with Gasteiger partial charge in [0, 0.05) is 37.3 Å². The molecule has 0 aliphatic rings. The molecule has 0 aromatic carbocycles. The van der Waals surface area contributed by atoms with Crippen molar-refractivity contribution in [3.8, 4) is 0 Å². The van der Waals surface area contributed by atoms with Crippen molar-refractivity contribution in [3.05, 3.63) is 18.0 Å². The standard InChI is InChI=1S/C13H23N3O/c1-5-13(6-2,11-17)10-15(3)8-12-7-14-16(4)9-12/h7,9,11H,5-6,8,10H2,1-4H3. The van der Waals surface area contributed by atoms with Crippen LogP contribution >= 0.6 is 0 Å². The van der Waals surface area contributed by atoms with E-state index in [2.05, 4.69) is 30.9 Å². The van der Waals surface area contributed by atoms with Crippen molar-refractivity contribution in [1.29, 1.82) is 0 Å². The van der Waals surface area contributed by atoms with Crippen LogP contribution in [0.2, 0.25) is 0 Å². The highest BCUT2D eigenvalue weighted by atomic mass is 16.1. The van der Waals surface area contributed by atoms with E-state index in [9.17, 15) is 4.79 Å². The lowest BCUT2D eigenvalue weighted by Crippen LogP contribution is -2.35. The van der Waals surface area contributed by atoms with Gasteiger partial charge in [-0.2, -0.15) is 5.10 Å². The molecule has 0 aliphatic carbocycles. The maximum atomic E-state index is 11.2.